The molecule has 3 N–H and O–H groups in total. The van der Waals surface area contributed by atoms with E-state index in [-0.39, 0.29) is 23.7 Å². The Morgan fingerprint density at radius 2 is 1.77 bits per heavy atom. The highest BCUT2D eigenvalue weighted by Crippen LogP contribution is 2.32. The highest BCUT2D eigenvalue weighted by Gasteiger charge is 2.16. The Morgan fingerprint density at radius 1 is 1.00 bits per heavy atom. The van der Waals surface area contributed by atoms with Crippen molar-refractivity contribution in [1.29, 1.82) is 0 Å². The topological polar surface area (TPSA) is 102 Å². The number of benzene rings is 2. The van der Waals surface area contributed by atoms with Gasteiger partial charge in [-0.3, -0.25) is 4.79 Å². The van der Waals surface area contributed by atoms with E-state index in [9.17, 15) is 9.59 Å². The molecule has 0 bridgehead atoms. The van der Waals surface area contributed by atoms with E-state index in [1.807, 2.05) is 37.3 Å². The number of carbonyl (C=O) groups is 2. The molecule has 0 saturated heterocycles. The Hall–Kier alpha value is -3.94. The quantitative estimate of drug-likeness (QED) is 0.561. The van der Waals surface area contributed by atoms with Crippen LogP contribution in [-0.4, -0.2) is 25.2 Å². The summed E-state index contributed by atoms with van der Waals surface area (Å²) in [4.78, 5) is 24.3. The normalized spacial score (nSPS) is 13.2. The Balaban J connectivity index is 1.26. The van der Waals surface area contributed by atoms with Gasteiger partial charge in [0, 0.05) is 12.2 Å². The fraction of sp³-hybridized carbons (Fsp3) is 0.217. The van der Waals surface area contributed by atoms with Crippen molar-refractivity contribution in [3.8, 4) is 11.5 Å². The number of ether oxygens (including phenoxy) is 2. The lowest BCUT2D eigenvalue weighted by Gasteiger charge is -2.21. The molecule has 2 heterocycles. The molecule has 1 aromatic heterocycles. The van der Waals surface area contributed by atoms with Gasteiger partial charge in [-0.05, 0) is 54.4 Å². The lowest BCUT2D eigenvalue weighted by molar-refractivity contribution is 0.0996. The first kappa shape index (κ1) is 20.3. The maximum Gasteiger partial charge on any atom is 0.315 e. The van der Waals surface area contributed by atoms with Crippen LogP contribution in [0.4, 0.5) is 10.5 Å². The van der Waals surface area contributed by atoms with Crippen LogP contribution in [0, 0.1) is 0 Å². The molecule has 4 rings (SSSR count). The van der Waals surface area contributed by atoms with Crippen LogP contribution in [0.15, 0.2) is 65.3 Å². The van der Waals surface area contributed by atoms with Crippen molar-refractivity contribution in [2.75, 3.05) is 18.5 Å². The fourth-order valence-electron chi connectivity index (χ4n) is 3.15. The molecule has 2 aromatic carbocycles. The standard InChI is InChI=1S/C23H23N3O5/c1-15(17-6-9-19-21(13-17)31-12-11-30-19)25-23(28)24-14-16-4-7-18(8-5-16)26-22(27)20-3-2-10-29-20/h2-10,13,15H,11-12,14H2,1H3,(H,26,27)(H2,24,25,28). The van der Waals surface area contributed by atoms with Crippen molar-refractivity contribution in [1.82, 2.24) is 10.6 Å². The third kappa shape index (κ3) is 5.16. The summed E-state index contributed by atoms with van der Waals surface area (Å²) in [5.74, 6) is 1.34. The van der Waals surface area contributed by atoms with Crippen molar-refractivity contribution in [3.05, 3.63) is 77.7 Å². The Bertz CT molecular complexity index is 1050. The van der Waals surface area contributed by atoms with E-state index in [0.717, 1.165) is 16.9 Å². The highest BCUT2D eigenvalue weighted by molar-refractivity contribution is 6.02. The first-order chi connectivity index (χ1) is 15.1. The predicted octanol–water partition coefficient (Wildman–Crippen LogP) is 3.86. The second-order valence-electron chi connectivity index (χ2n) is 7.08. The second-order valence-corrected chi connectivity index (χ2v) is 7.08. The summed E-state index contributed by atoms with van der Waals surface area (Å²) in [5, 5.41) is 8.50. The number of furan rings is 1. The molecule has 1 unspecified atom stereocenters. The molecule has 31 heavy (non-hydrogen) atoms. The number of nitrogens with one attached hydrogen (secondary N) is 3. The van der Waals surface area contributed by atoms with Gasteiger partial charge in [0.25, 0.3) is 5.91 Å². The zero-order valence-corrected chi connectivity index (χ0v) is 17.0. The van der Waals surface area contributed by atoms with E-state index < -0.39 is 0 Å². The number of rotatable bonds is 6. The van der Waals surface area contributed by atoms with Crippen LogP contribution in [0.5, 0.6) is 11.5 Å². The van der Waals surface area contributed by atoms with Gasteiger partial charge >= 0.3 is 6.03 Å². The lowest BCUT2D eigenvalue weighted by atomic mass is 10.1. The minimum absolute atomic E-state index is 0.199. The van der Waals surface area contributed by atoms with Crippen LogP contribution >= 0.6 is 0 Å². The van der Waals surface area contributed by atoms with Crippen LogP contribution < -0.4 is 25.4 Å². The van der Waals surface area contributed by atoms with Crippen molar-refractivity contribution in [2.45, 2.75) is 19.5 Å². The molecule has 0 aliphatic carbocycles. The molecule has 0 fully saturated rings. The van der Waals surface area contributed by atoms with E-state index in [2.05, 4.69) is 16.0 Å². The molecule has 3 amide bonds. The van der Waals surface area contributed by atoms with Gasteiger partial charge in [-0.2, -0.15) is 0 Å². The van der Waals surface area contributed by atoms with Gasteiger partial charge in [-0.1, -0.05) is 18.2 Å². The summed E-state index contributed by atoms with van der Waals surface area (Å²) in [5.41, 5.74) is 2.47. The molecule has 1 aliphatic heterocycles. The molecule has 0 radical (unpaired) electrons. The average molecular weight is 421 g/mol. The zero-order chi connectivity index (χ0) is 21.6. The molecular formula is C23H23N3O5. The van der Waals surface area contributed by atoms with E-state index in [4.69, 9.17) is 13.9 Å². The minimum Gasteiger partial charge on any atom is -0.486 e. The summed E-state index contributed by atoms with van der Waals surface area (Å²) in [6, 6.07) is 15.6. The number of urea groups is 1. The van der Waals surface area contributed by atoms with E-state index in [1.165, 1.54) is 6.26 Å². The summed E-state index contributed by atoms with van der Waals surface area (Å²) in [7, 11) is 0. The van der Waals surface area contributed by atoms with Crippen LogP contribution in [0.3, 0.4) is 0 Å². The third-order valence-electron chi connectivity index (χ3n) is 4.82. The second kappa shape index (κ2) is 9.25. The number of hydrogen-bond acceptors (Lipinski definition) is 5. The van der Waals surface area contributed by atoms with Gasteiger partial charge in [0.15, 0.2) is 17.3 Å². The number of amides is 3. The summed E-state index contributed by atoms with van der Waals surface area (Å²) >= 11 is 0. The Kier molecular flexibility index (Phi) is 6.07. The van der Waals surface area contributed by atoms with Crippen molar-refractivity contribution in [3.63, 3.8) is 0 Å². The van der Waals surface area contributed by atoms with Crippen LogP contribution in [-0.2, 0) is 6.54 Å². The Morgan fingerprint density at radius 3 is 2.52 bits per heavy atom. The van der Waals surface area contributed by atoms with Crippen LogP contribution in [0.25, 0.3) is 0 Å². The lowest BCUT2D eigenvalue weighted by Crippen LogP contribution is -2.36. The molecule has 1 aliphatic rings. The minimum atomic E-state index is -0.316. The number of hydrogen-bond donors (Lipinski definition) is 3. The van der Waals surface area contributed by atoms with Gasteiger partial charge in [0.1, 0.15) is 13.2 Å². The fourth-order valence-corrected chi connectivity index (χ4v) is 3.15. The maximum absolute atomic E-state index is 12.3. The van der Waals surface area contributed by atoms with Gasteiger partial charge in [0.2, 0.25) is 0 Å². The zero-order valence-electron chi connectivity index (χ0n) is 17.0. The molecular weight excluding hydrogens is 398 g/mol. The van der Waals surface area contributed by atoms with Crippen LogP contribution in [0.1, 0.15) is 34.6 Å². The summed E-state index contributed by atoms with van der Waals surface area (Å²) in [6.07, 6.45) is 1.45. The van der Waals surface area contributed by atoms with Crippen molar-refractivity contribution < 1.29 is 23.5 Å². The van der Waals surface area contributed by atoms with Gasteiger partial charge in [-0.25, -0.2) is 4.79 Å². The number of anilines is 1. The summed E-state index contributed by atoms with van der Waals surface area (Å²) in [6.45, 7) is 3.32. The molecule has 0 saturated carbocycles. The monoisotopic (exact) mass is 421 g/mol. The van der Waals surface area contributed by atoms with E-state index >= 15 is 0 Å². The van der Waals surface area contributed by atoms with Crippen molar-refractivity contribution >= 4 is 17.6 Å². The smallest absolute Gasteiger partial charge is 0.315 e. The van der Waals surface area contributed by atoms with E-state index in [0.29, 0.717) is 31.2 Å². The molecule has 1 atom stereocenters. The maximum atomic E-state index is 12.3. The first-order valence-electron chi connectivity index (χ1n) is 9.96. The molecule has 160 valence electrons. The average Bonchev–Trinajstić information content (AvgIpc) is 3.33. The molecule has 8 heteroatoms. The van der Waals surface area contributed by atoms with Gasteiger partial charge < -0.3 is 29.8 Å². The largest absolute Gasteiger partial charge is 0.486 e. The Labute approximate surface area is 179 Å². The third-order valence-corrected chi connectivity index (χ3v) is 4.82. The predicted molar refractivity (Wildman–Crippen MR) is 114 cm³/mol. The first-order valence-corrected chi connectivity index (χ1v) is 9.96. The number of fused-ring (bicyclic) bond motifs is 1. The number of carbonyl (C=O) groups excluding carboxylic acids is 2. The molecule has 8 nitrogen and oxygen atoms in total. The highest BCUT2D eigenvalue weighted by atomic mass is 16.6. The van der Waals surface area contributed by atoms with Crippen LogP contribution in [0.2, 0.25) is 0 Å². The van der Waals surface area contributed by atoms with E-state index in [1.54, 1.807) is 24.3 Å². The SMILES string of the molecule is CC(NC(=O)NCc1ccc(NC(=O)c2ccco2)cc1)c1ccc2c(c1)OCCO2. The molecule has 3 aromatic rings. The summed E-state index contributed by atoms with van der Waals surface area (Å²) < 4.78 is 16.2. The van der Waals surface area contributed by atoms with Gasteiger partial charge in [0.05, 0.1) is 12.3 Å². The van der Waals surface area contributed by atoms with Gasteiger partial charge in [-0.15, -0.1) is 0 Å². The van der Waals surface area contributed by atoms with Crippen molar-refractivity contribution in [2.24, 2.45) is 0 Å². The molecule has 0 spiro atoms.